The van der Waals surface area contributed by atoms with E-state index in [1.165, 1.54) is 25.7 Å². The van der Waals surface area contributed by atoms with Gasteiger partial charge in [0, 0.05) is 19.0 Å². The number of hydrogen-bond acceptors (Lipinski definition) is 2. The van der Waals surface area contributed by atoms with E-state index in [0.717, 1.165) is 6.54 Å². The first kappa shape index (κ1) is 14.8. The molecule has 1 aliphatic carbocycles. The average molecular weight is 256 g/mol. The molecule has 18 heavy (non-hydrogen) atoms. The summed E-state index contributed by atoms with van der Waals surface area (Å²) in [7, 11) is 0. The molecule has 1 atom stereocenters. The van der Waals surface area contributed by atoms with Gasteiger partial charge in [0.1, 0.15) is 0 Å². The fourth-order valence-corrected chi connectivity index (χ4v) is 2.36. The summed E-state index contributed by atoms with van der Waals surface area (Å²) in [4.78, 5) is 21.9. The largest absolute Gasteiger partial charge is 0.481 e. The molecule has 5 heteroatoms. The van der Waals surface area contributed by atoms with Crippen molar-refractivity contribution in [1.29, 1.82) is 0 Å². The van der Waals surface area contributed by atoms with Gasteiger partial charge in [-0.25, -0.2) is 4.79 Å². The Hall–Kier alpha value is -1.26. The second-order valence-electron chi connectivity index (χ2n) is 5.19. The minimum Gasteiger partial charge on any atom is -0.481 e. The van der Waals surface area contributed by atoms with Gasteiger partial charge in [0.05, 0.1) is 0 Å². The van der Waals surface area contributed by atoms with Crippen LogP contribution in [0.3, 0.4) is 0 Å². The Bertz CT molecular complexity index is 275. The Morgan fingerprint density at radius 2 is 2.00 bits per heavy atom. The van der Waals surface area contributed by atoms with E-state index in [1.54, 1.807) is 0 Å². The van der Waals surface area contributed by atoms with Crippen LogP contribution in [0.1, 0.15) is 51.9 Å². The molecule has 104 valence electrons. The average Bonchev–Trinajstić information content (AvgIpc) is 2.78. The third-order valence-corrected chi connectivity index (χ3v) is 3.43. The second-order valence-corrected chi connectivity index (χ2v) is 5.19. The van der Waals surface area contributed by atoms with E-state index in [0.29, 0.717) is 18.8 Å². The summed E-state index contributed by atoms with van der Waals surface area (Å²) in [6.45, 7) is 2.66. The normalized spacial score (nSPS) is 17.4. The zero-order chi connectivity index (χ0) is 13.4. The molecule has 5 nitrogen and oxygen atoms in total. The smallest absolute Gasteiger partial charge is 0.315 e. The molecule has 1 saturated carbocycles. The molecule has 1 fully saturated rings. The number of carbonyl (C=O) groups excluding carboxylic acids is 1. The Morgan fingerprint density at radius 3 is 2.61 bits per heavy atom. The first-order valence-corrected chi connectivity index (χ1v) is 6.84. The van der Waals surface area contributed by atoms with Gasteiger partial charge in [-0.2, -0.15) is 0 Å². The number of nitrogens with one attached hydrogen (secondary N) is 2. The van der Waals surface area contributed by atoms with E-state index in [-0.39, 0.29) is 18.5 Å². The Morgan fingerprint density at radius 1 is 1.33 bits per heavy atom. The van der Waals surface area contributed by atoms with Crippen molar-refractivity contribution in [2.75, 3.05) is 6.54 Å². The summed E-state index contributed by atoms with van der Waals surface area (Å²) in [6.07, 6.45) is 6.44. The lowest BCUT2D eigenvalue weighted by atomic mass is 10.1. The van der Waals surface area contributed by atoms with E-state index in [9.17, 15) is 9.59 Å². The van der Waals surface area contributed by atoms with Crippen molar-refractivity contribution in [2.24, 2.45) is 5.92 Å². The fourth-order valence-electron chi connectivity index (χ4n) is 2.36. The van der Waals surface area contributed by atoms with E-state index in [2.05, 4.69) is 10.6 Å². The first-order valence-electron chi connectivity index (χ1n) is 6.84. The number of carboxylic acids is 1. The van der Waals surface area contributed by atoms with Crippen molar-refractivity contribution in [3.63, 3.8) is 0 Å². The van der Waals surface area contributed by atoms with Crippen LogP contribution in [0.5, 0.6) is 0 Å². The molecule has 2 amide bonds. The molecule has 0 spiro atoms. The van der Waals surface area contributed by atoms with Crippen LogP contribution in [0.25, 0.3) is 0 Å². The Kier molecular flexibility index (Phi) is 6.54. The molecule has 3 N–H and O–H groups in total. The number of rotatable bonds is 7. The number of carbonyl (C=O) groups is 2. The zero-order valence-corrected chi connectivity index (χ0v) is 11.1. The maximum atomic E-state index is 11.6. The van der Waals surface area contributed by atoms with E-state index < -0.39 is 5.97 Å². The van der Waals surface area contributed by atoms with Crippen LogP contribution >= 0.6 is 0 Å². The van der Waals surface area contributed by atoms with Crippen LogP contribution in [-0.2, 0) is 4.79 Å². The highest BCUT2D eigenvalue weighted by Crippen LogP contribution is 2.23. The van der Waals surface area contributed by atoms with Crippen LogP contribution in [0.2, 0.25) is 0 Å². The van der Waals surface area contributed by atoms with Crippen molar-refractivity contribution >= 4 is 12.0 Å². The molecule has 0 bridgehead atoms. The van der Waals surface area contributed by atoms with Crippen molar-refractivity contribution in [2.45, 2.75) is 57.9 Å². The Labute approximate surface area is 108 Å². The molecule has 1 unspecified atom stereocenters. The third-order valence-electron chi connectivity index (χ3n) is 3.43. The topological polar surface area (TPSA) is 78.4 Å². The predicted molar refractivity (Wildman–Crippen MR) is 69.4 cm³/mol. The van der Waals surface area contributed by atoms with Gasteiger partial charge < -0.3 is 15.7 Å². The molecule has 0 radical (unpaired) electrons. The number of amides is 2. The van der Waals surface area contributed by atoms with Gasteiger partial charge in [0.15, 0.2) is 0 Å². The molecule has 0 heterocycles. The quantitative estimate of drug-likeness (QED) is 0.653. The summed E-state index contributed by atoms with van der Waals surface area (Å²) in [6, 6.07) is -0.113. The summed E-state index contributed by atoms with van der Waals surface area (Å²) >= 11 is 0. The molecular formula is C13H24N2O3. The summed E-state index contributed by atoms with van der Waals surface area (Å²) < 4.78 is 0. The molecule has 1 rings (SSSR count). The van der Waals surface area contributed by atoms with Crippen LogP contribution in [-0.4, -0.2) is 29.7 Å². The lowest BCUT2D eigenvalue weighted by Gasteiger charge is -2.16. The monoisotopic (exact) mass is 256 g/mol. The molecular weight excluding hydrogens is 232 g/mol. The standard InChI is InChI=1S/C13H24N2O3/c1-10(5-4-8-12(16)17)15-13(18)14-9-11-6-2-3-7-11/h10-11H,2-9H2,1H3,(H,16,17)(H2,14,15,18). The molecule has 0 aromatic rings. The summed E-state index contributed by atoms with van der Waals surface area (Å²) in [5.41, 5.74) is 0. The summed E-state index contributed by atoms with van der Waals surface area (Å²) in [5, 5.41) is 14.2. The third kappa shape index (κ3) is 6.47. The van der Waals surface area contributed by atoms with Crippen molar-refractivity contribution in [3.8, 4) is 0 Å². The van der Waals surface area contributed by atoms with Gasteiger partial charge in [-0.05, 0) is 38.5 Å². The number of hydrogen-bond donors (Lipinski definition) is 3. The van der Waals surface area contributed by atoms with Gasteiger partial charge in [0.2, 0.25) is 0 Å². The molecule has 0 aromatic heterocycles. The van der Waals surface area contributed by atoms with Crippen molar-refractivity contribution in [1.82, 2.24) is 10.6 Å². The van der Waals surface area contributed by atoms with Crippen molar-refractivity contribution < 1.29 is 14.7 Å². The molecule has 0 aromatic carbocycles. The van der Waals surface area contributed by atoms with Crippen LogP contribution < -0.4 is 10.6 Å². The van der Waals surface area contributed by atoms with Gasteiger partial charge >= 0.3 is 12.0 Å². The maximum absolute atomic E-state index is 11.6. The summed E-state index contributed by atoms with van der Waals surface area (Å²) in [5.74, 6) is -0.147. The zero-order valence-electron chi connectivity index (χ0n) is 11.1. The van der Waals surface area contributed by atoms with Crippen molar-refractivity contribution in [3.05, 3.63) is 0 Å². The highest BCUT2D eigenvalue weighted by molar-refractivity contribution is 5.74. The van der Waals surface area contributed by atoms with E-state index in [1.807, 2.05) is 6.92 Å². The molecule has 1 aliphatic rings. The van der Waals surface area contributed by atoms with Gasteiger partial charge in [-0.1, -0.05) is 12.8 Å². The maximum Gasteiger partial charge on any atom is 0.315 e. The van der Waals surface area contributed by atoms with E-state index in [4.69, 9.17) is 5.11 Å². The van der Waals surface area contributed by atoms with Crippen LogP contribution in [0, 0.1) is 5.92 Å². The van der Waals surface area contributed by atoms with Crippen LogP contribution in [0.15, 0.2) is 0 Å². The van der Waals surface area contributed by atoms with Crippen LogP contribution in [0.4, 0.5) is 4.79 Å². The SMILES string of the molecule is CC(CCCC(=O)O)NC(=O)NCC1CCCC1. The predicted octanol–water partition coefficient (Wildman–Crippen LogP) is 2.12. The number of urea groups is 1. The second kappa shape index (κ2) is 7.95. The molecule has 0 aliphatic heterocycles. The number of aliphatic carboxylic acids is 1. The minimum atomic E-state index is -0.784. The number of carboxylic acid groups (broad SMARTS) is 1. The highest BCUT2D eigenvalue weighted by Gasteiger charge is 2.16. The van der Waals surface area contributed by atoms with E-state index >= 15 is 0 Å². The first-order chi connectivity index (χ1) is 8.58. The highest BCUT2D eigenvalue weighted by atomic mass is 16.4. The Balaban J connectivity index is 2.05. The lowest BCUT2D eigenvalue weighted by molar-refractivity contribution is -0.137. The fraction of sp³-hybridized carbons (Fsp3) is 0.846. The minimum absolute atomic E-state index is 0.0212. The molecule has 0 saturated heterocycles. The van der Waals surface area contributed by atoms with Gasteiger partial charge in [0.25, 0.3) is 0 Å². The lowest BCUT2D eigenvalue weighted by Crippen LogP contribution is -2.42. The van der Waals surface area contributed by atoms with Gasteiger partial charge in [-0.3, -0.25) is 4.79 Å². The van der Waals surface area contributed by atoms with Gasteiger partial charge in [-0.15, -0.1) is 0 Å².